The van der Waals surface area contributed by atoms with E-state index in [1.807, 2.05) is 0 Å². The van der Waals surface area contributed by atoms with E-state index in [0.717, 1.165) is 5.56 Å². The normalized spacial score (nSPS) is 25.3. The Labute approximate surface area is 87.1 Å². The first kappa shape index (κ1) is 9.98. The summed E-state index contributed by atoms with van der Waals surface area (Å²) in [7, 11) is 0. The van der Waals surface area contributed by atoms with Gasteiger partial charge in [0.25, 0.3) is 0 Å². The molecule has 0 bridgehead atoms. The zero-order valence-corrected chi connectivity index (χ0v) is 8.09. The van der Waals surface area contributed by atoms with E-state index in [-0.39, 0.29) is 11.9 Å². The van der Waals surface area contributed by atoms with E-state index in [1.165, 1.54) is 0 Å². The van der Waals surface area contributed by atoms with Crippen molar-refractivity contribution in [2.45, 2.75) is 25.0 Å². The lowest BCUT2D eigenvalue weighted by Gasteiger charge is -2.08. The fraction of sp³-hybridized carbons (Fsp3) is 0.364. The van der Waals surface area contributed by atoms with Crippen molar-refractivity contribution in [3.8, 4) is 5.75 Å². The van der Waals surface area contributed by atoms with E-state index in [4.69, 9.17) is 9.84 Å². The predicted molar refractivity (Wildman–Crippen MR) is 52.3 cm³/mol. The van der Waals surface area contributed by atoms with Gasteiger partial charge in [-0.1, -0.05) is 12.1 Å². The third kappa shape index (κ3) is 2.27. The molecule has 4 nitrogen and oxygen atoms in total. The van der Waals surface area contributed by atoms with Crippen molar-refractivity contribution >= 4 is 5.97 Å². The van der Waals surface area contributed by atoms with Crippen LogP contribution in [-0.4, -0.2) is 28.4 Å². The molecule has 0 radical (unpaired) electrons. The lowest BCUT2D eigenvalue weighted by molar-refractivity contribution is -0.147. The summed E-state index contributed by atoms with van der Waals surface area (Å²) in [6, 6.07) is 6.72. The maximum Gasteiger partial charge on any atom is 0.335 e. The molecule has 4 heteroatoms. The molecule has 1 aliphatic heterocycles. The molecule has 2 unspecified atom stereocenters. The van der Waals surface area contributed by atoms with Crippen LogP contribution in [0.15, 0.2) is 24.3 Å². The molecule has 0 aliphatic carbocycles. The quantitative estimate of drug-likeness (QED) is 0.699. The number of phenols is 1. The number of esters is 1. The van der Waals surface area contributed by atoms with Crippen LogP contribution < -0.4 is 0 Å². The Bertz CT molecular complexity index is 357. The van der Waals surface area contributed by atoms with Crippen LogP contribution in [0.3, 0.4) is 0 Å². The van der Waals surface area contributed by atoms with E-state index in [0.29, 0.717) is 12.8 Å². The van der Waals surface area contributed by atoms with Gasteiger partial charge in [-0.25, -0.2) is 4.79 Å². The summed E-state index contributed by atoms with van der Waals surface area (Å²) >= 11 is 0. The molecule has 0 amide bonds. The molecule has 80 valence electrons. The van der Waals surface area contributed by atoms with Crippen LogP contribution in [0.5, 0.6) is 5.75 Å². The molecule has 1 saturated heterocycles. The molecule has 1 aromatic carbocycles. The van der Waals surface area contributed by atoms with E-state index < -0.39 is 12.1 Å². The lowest BCUT2D eigenvalue weighted by atomic mass is 10.1. The van der Waals surface area contributed by atoms with Gasteiger partial charge in [0.15, 0.2) is 6.10 Å². The molecule has 0 saturated carbocycles. The summed E-state index contributed by atoms with van der Waals surface area (Å²) in [4.78, 5) is 10.9. The van der Waals surface area contributed by atoms with Crippen LogP contribution in [0, 0.1) is 0 Å². The van der Waals surface area contributed by atoms with Crippen molar-refractivity contribution in [2.75, 3.05) is 0 Å². The number of cyclic esters (lactones) is 1. The highest BCUT2D eigenvalue weighted by atomic mass is 16.6. The monoisotopic (exact) mass is 208 g/mol. The molecule has 0 aromatic heterocycles. The Morgan fingerprint density at radius 2 is 2.00 bits per heavy atom. The highest BCUT2D eigenvalue weighted by molar-refractivity contribution is 5.76. The zero-order valence-electron chi connectivity index (χ0n) is 8.09. The second kappa shape index (κ2) is 3.90. The van der Waals surface area contributed by atoms with Gasteiger partial charge < -0.3 is 14.9 Å². The Hall–Kier alpha value is -1.55. The highest BCUT2D eigenvalue weighted by Crippen LogP contribution is 2.20. The number of hydrogen-bond donors (Lipinski definition) is 2. The molecule has 2 rings (SSSR count). The van der Waals surface area contributed by atoms with Crippen molar-refractivity contribution in [1.29, 1.82) is 0 Å². The molecule has 1 fully saturated rings. The summed E-state index contributed by atoms with van der Waals surface area (Å²) in [5.74, 6) is -0.332. The van der Waals surface area contributed by atoms with Crippen LogP contribution in [0.1, 0.15) is 12.0 Å². The average molecular weight is 208 g/mol. The minimum Gasteiger partial charge on any atom is -0.508 e. The summed E-state index contributed by atoms with van der Waals surface area (Å²) in [5, 5.41) is 18.3. The van der Waals surface area contributed by atoms with E-state index in [9.17, 15) is 9.90 Å². The van der Waals surface area contributed by atoms with E-state index in [2.05, 4.69) is 0 Å². The van der Waals surface area contributed by atoms with Crippen molar-refractivity contribution in [2.24, 2.45) is 0 Å². The molecule has 1 aromatic rings. The Morgan fingerprint density at radius 3 is 2.53 bits per heavy atom. The number of phenolic OH excluding ortho intramolecular Hbond substituents is 1. The fourth-order valence-corrected chi connectivity index (χ4v) is 1.66. The number of ether oxygens (including phenoxy) is 1. The lowest BCUT2D eigenvalue weighted by Crippen LogP contribution is -2.11. The molecule has 1 aliphatic rings. The average Bonchev–Trinajstić information content (AvgIpc) is 2.50. The smallest absolute Gasteiger partial charge is 0.335 e. The van der Waals surface area contributed by atoms with E-state index >= 15 is 0 Å². The first-order valence-corrected chi connectivity index (χ1v) is 4.81. The molecule has 2 N–H and O–H groups in total. The van der Waals surface area contributed by atoms with Crippen molar-refractivity contribution in [3.05, 3.63) is 29.8 Å². The van der Waals surface area contributed by atoms with Crippen molar-refractivity contribution in [1.82, 2.24) is 0 Å². The second-order valence-corrected chi connectivity index (χ2v) is 3.68. The maximum atomic E-state index is 10.9. The van der Waals surface area contributed by atoms with Gasteiger partial charge >= 0.3 is 5.97 Å². The van der Waals surface area contributed by atoms with E-state index in [1.54, 1.807) is 24.3 Å². The van der Waals surface area contributed by atoms with Gasteiger partial charge in [-0.15, -0.1) is 0 Å². The number of aliphatic hydroxyl groups is 1. The van der Waals surface area contributed by atoms with Gasteiger partial charge in [0.2, 0.25) is 0 Å². The van der Waals surface area contributed by atoms with Crippen molar-refractivity contribution in [3.63, 3.8) is 0 Å². The van der Waals surface area contributed by atoms with Crippen LogP contribution in [0.4, 0.5) is 0 Å². The minimum atomic E-state index is -0.980. The summed E-state index contributed by atoms with van der Waals surface area (Å²) in [6.45, 7) is 0. The van der Waals surface area contributed by atoms with Crippen LogP contribution in [-0.2, 0) is 16.0 Å². The summed E-state index contributed by atoms with van der Waals surface area (Å²) in [6.07, 6.45) is -0.313. The van der Waals surface area contributed by atoms with Gasteiger partial charge in [-0.3, -0.25) is 0 Å². The van der Waals surface area contributed by atoms with Gasteiger partial charge in [0, 0.05) is 12.8 Å². The first-order valence-electron chi connectivity index (χ1n) is 4.81. The largest absolute Gasteiger partial charge is 0.508 e. The minimum absolute atomic E-state index is 0.210. The maximum absolute atomic E-state index is 10.9. The second-order valence-electron chi connectivity index (χ2n) is 3.68. The Morgan fingerprint density at radius 1 is 1.33 bits per heavy atom. The third-order valence-electron chi connectivity index (χ3n) is 2.44. The summed E-state index contributed by atoms with van der Waals surface area (Å²) < 4.78 is 4.96. The highest BCUT2D eigenvalue weighted by Gasteiger charge is 2.32. The molecule has 1 heterocycles. The zero-order chi connectivity index (χ0) is 10.8. The number of benzene rings is 1. The number of aromatic hydroxyl groups is 1. The van der Waals surface area contributed by atoms with Gasteiger partial charge in [-0.2, -0.15) is 0 Å². The van der Waals surface area contributed by atoms with Crippen LogP contribution in [0.2, 0.25) is 0 Å². The molecule has 15 heavy (non-hydrogen) atoms. The summed E-state index contributed by atoms with van der Waals surface area (Å²) in [5.41, 5.74) is 0.972. The predicted octanol–water partition coefficient (Wildman–Crippen LogP) is 0.611. The molecule has 2 atom stereocenters. The Balaban J connectivity index is 1.98. The molecular formula is C11H12O4. The third-order valence-corrected chi connectivity index (χ3v) is 2.44. The van der Waals surface area contributed by atoms with Crippen molar-refractivity contribution < 1.29 is 19.7 Å². The number of carbonyl (C=O) groups excluding carboxylic acids is 1. The molecule has 0 spiro atoms. The fourth-order valence-electron chi connectivity index (χ4n) is 1.66. The standard InChI is InChI=1S/C11H12O4/c12-8-3-1-7(2-4-8)5-9-6-10(13)11(14)15-9/h1-4,9-10,12-13H,5-6H2. The van der Waals surface area contributed by atoms with Gasteiger partial charge in [0.05, 0.1) is 0 Å². The number of aliphatic hydroxyl groups excluding tert-OH is 1. The SMILES string of the molecule is O=C1OC(Cc2ccc(O)cc2)CC1O. The first-order chi connectivity index (χ1) is 7.15. The number of rotatable bonds is 2. The molecular weight excluding hydrogens is 196 g/mol. The van der Waals surface area contributed by atoms with Gasteiger partial charge in [-0.05, 0) is 17.7 Å². The van der Waals surface area contributed by atoms with Crippen LogP contribution >= 0.6 is 0 Å². The topological polar surface area (TPSA) is 66.8 Å². The number of hydrogen-bond acceptors (Lipinski definition) is 4. The number of carbonyl (C=O) groups is 1. The Kier molecular flexibility index (Phi) is 2.60. The van der Waals surface area contributed by atoms with Gasteiger partial charge in [0.1, 0.15) is 11.9 Å². The van der Waals surface area contributed by atoms with Crippen LogP contribution in [0.25, 0.3) is 0 Å².